The van der Waals surface area contributed by atoms with Gasteiger partial charge in [-0.25, -0.2) is 4.98 Å². The van der Waals surface area contributed by atoms with Gasteiger partial charge in [-0.2, -0.15) is 0 Å². The van der Waals surface area contributed by atoms with E-state index in [2.05, 4.69) is 26.2 Å². The second kappa shape index (κ2) is 5.95. The van der Waals surface area contributed by atoms with E-state index in [1.807, 2.05) is 38.1 Å². The maximum absolute atomic E-state index is 12.4. The van der Waals surface area contributed by atoms with Crippen molar-refractivity contribution < 1.29 is 9.59 Å². The average Bonchev–Trinajstić information content (AvgIpc) is 2.88. The molecule has 0 aliphatic carbocycles. The third kappa shape index (κ3) is 3.48. The van der Waals surface area contributed by atoms with Gasteiger partial charge in [0.25, 0.3) is 5.91 Å². The Balaban J connectivity index is 2.17. The summed E-state index contributed by atoms with van der Waals surface area (Å²) >= 11 is 4.42. The highest BCUT2D eigenvalue weighted by Gasteiger charge is 2.30. The lowest BCUT2D eigenvalue weighted by Crippen LogP contribution is -2.34. The number of rotatable bonds is 4. The molecule has 0 fully saturated rings. The van der Waals surface area contributed by atoms with Crippen LogP contribution in [0.15, 0.2) is 34.9 Å². The van der Waals surface area contributed by atoms with Crippen LogP contribution in [0.5, 0.6) is 0 Å². The number of carbonyl (C=O) groups excluding carboxylic acids is 2. The number of halogens is 1. The Morgan fingerprint density at radius 2 is 1.90 bits per heavy atom. The lowest BCUT2D eigenvalue weighted by Gasteiger charge is -2.23. The number of thiazole rings is 1. The van der Waals surface area contributed by atoms with Gasteiger partial charge in [0.05, 0.1) is 11.6 Å². The molecular weight excluding hydrogens is 354 g/mol. The van der Waals surface area contributed by atoms with Crippen LogP contribution in [-0.4, -0.2) is 16.8 Å². The largest absolute Gasteiger partial charge is 0.365 e. The highest BCUT2D eigenvalue weighted by molar-refractivity contribution is 9.10. The van der Waals surface area contributed by atoms with Crippen LogP contribution in [0.2, 0.25) is 0 Å². The molecule has 0 atom stereocenters. The smallest absolute Gasteiger partial charge is 0.260 e. The van der Waals surface area contributed by atoms with Crippen molar-refractivity contribution in [3.63, 3.8) is 0 Å². The fraction of sp³-hybridized carbons (Fsp3) is 0.214. The molecule has 21 heavy (non-hydrogen) atoms. The fourth-order valence-electron chi connectivity index (χ4n) is 1.70. The minimum absolute atomic E-state index is 0.199. The number of nitrogens with one attached hydrogen (secondary N) is 1. The standard InChI is InChI=1S/C14H14BrN3O2S/c1-14(2,8-3-5-9(15)6-4-8)12(20)18-13-17-7-10(21-13)11(16)19/h3-7H,1-2H3,(H2,16,19)(H,17,18,20). The van der Waals surface area contributed by atoms with Crippen LogP contribution in [0.4, 0.5) is 5.13 Å². The highest BCUT2D eigenvalue weighted by Crippen LogP contribution is 2.27. The molecule has 0 radical (unpaired) electrons. The summed E-state index contributed by atoms with van der Waals surface area (Å²) in [4.78, 5) is 27.7. The molecule has 2 aromatic rings. The number of benzene rings is 1. The molecule has 0 bridgehead atoms. The van der Waals surface area contributed by atoms with Gasteiger partial charge in [0, 0.05) is 4.47 Å². The van der Waals surface area contributed by atoms with Crippen molar-refractivity contribution in [2.75, 3.05) is 5.32 Å². The number of nitrogens with two attached hydrogens (primary N) is 1. The Morgan fingerprint density at radius 1 is 1.29 bits per heavy atom. The second-order valence-corrected chi connectivity index (χ2v) is 6.93. The van der Waals surface area contributed by atoms with E-state index >= 15 is 0 Å². The van der Waals surface area contributed by atoms with Crippen molar-refractivity contribution in [2.24, 2.45) is 5.73 Å². The molecule has 5 nitrogen and oxygen atoms in total. The van der Waals surface area contributed by atoms with Gasteiger partial charge in [-0.3, -0.25) is 9.59 Å². The molecule has 0 saturated heterocycles. The Morgan fingerprint density at radius 3 is 2.43 bits per heavy atom. The first-order valence-corrected chi connectivity index (χ1v) is 7.75. The summed E-state index contributed by atoms with van der Waals surface area (Å²) in [7, 11) is 0. The first kappa shape index (κ1) is 15.7. The number of primary amides is 1. The predicted molar refractivity (Wildman–Crippen MR) is 86.4 cm³/mol. The summed E-state index contributed by atoms with van der Waals surface area (Å²) in [5.41, 5.74) is 5.32. The van der Waals surface area contributed by atoms with E-state index < -0.39 is 11.3 Å². The van der Waals surface area contributed by atoms with Gasteiger partial charge in [-0.1, -0.05) is 39.4 Å². The number of hydrogen-bond donors (Lipinski definition) is 2. The molecule has 0 saturated carbocycles. The number of carbonyl (C=O) groups is 2. The number of anilines is 1. The minimum atomic E-state index is -0.723. The van der Waals surface area contributed by atoms with Gasteiger partial charge in [0.1, 0.15) is 4.88 Å². The van der Waals surface area contributed by atoms with Crippen molar-refractivity contribution in [2.45, 2.75) is 19.3 Å². The number of nitrogens with zero attached hydrogens (tertiary/aromatic N) is 1. The zero-order chi connectivity index (χ0) is 15.6. The zero-order valence-corrected chi connectivity index (χ0v) is 13.9. The third-order valence-corrected chi connectivity index (χ3v) is 4.56. The van der Waals surface area contributed by atoms with Crippen LogP contribution in [0.25, 0.3) is 0 Å². The maximum atomic E-state index is 12.4. The molecule has 0 unspecified atom stereocenters. The minimum Gasteiger partial charge on any atom is -0.365 e. The van der Waals surface area contributed by atoms with Gasteiger partial charge in [-0.05, 0) is 31.5 Å². The van der Waals surface area contributed by atoms with E-state index in [-0.39, 0.29) is 5.91 Å². The molecule has 1 aromatic carbocycles. The predicted octanol–water partition coefficient (Wildman–Crippen LogP) is 2.92. The summed E-state index contributed by atoms with van der Waals surface area (Å²) in [5, 5.41) is 3.08. The average molecular weight is 368 g/mol. The van der Waals surface area contributed by atoms with Crippen molar-refractivity contribution in [1.29, 1.82) is 0 Å². The molecule has 0 spiro atoms. The van der Waals surface area contributed by atoms with E-state index in [1.54, 1.807) is 0 Å². The number of aromatic nitrogens is 1. The van der Waals surface area contributed by atoms with Crippen molar-refractivity contribution in [3.8, 4) is 0 Å². The summed E-state index contributed by atoms with van der Waals surface area (Å²) in [6, 6.07) is 7.55. The van der Waals surface area contributed by atoms with Gasteiger partial charge in [-0.15, -0.1) is 0 Å². The van der Waals surface area contributed by atoms with E-state index in [0.29, 0.717) is 10.0 Å². The van der Waals surface area contributed by atoms with Crippen LogP contribution < -0.4 is 11.1 Å². The van der Waals surface area contributed by atoms with Gasteiger partial charge in [0.2, 0.25) is 5.91 Å². The summed E-state index contributed by atoms with van der Waals surface area (Å²) in [6.07, 6.45) is 1.36. The zero-order valence-electron chi connectivity index (χ0n) is 11.5. The Bertz CT molecular complexity index is 680. The van der Waals surface area contributed by atoms with Crippen molar-refractivity contribution in [3.05, 3.63) is 45.4 Å². The van der Waals surface area contributed by atoms with Gasteiger partial charge >= 0.3 is 0 Å². The van der Waals surface area contributed by atoms with Crippen LogP contribution in [0.1, 0.15) is 29.1 Å². The van der Waals surface area contributed by atoms with E-state index in [9.17, 15) is 9.59 Å². The Kier molecular flexibility index (Phi) is 4.43. The Labute approximate surface area is 134 Å². The number of hydrogen-bond acceptors (Lipinski definition) is 4. The van der Waals surface area contributed by atoms with E-state index in [1.165, 1.54) is 6.20 Å². The molecule has 3 N–H and O–H groups in total. The van der Waals surface area contributed by atoms with Gasteiger partial charge < -0.3 is 11.1 Å². The Hall–Kier alpha value is -1.73. The highest BCUT2D eigenvalue weighted by atomic mass is 79.9. The first-order valence-electron chi connectivity index (χ1n) is 6.14. The fourth-order valence-corrected chi connectivity index (χ4v) is 2.62. The second-order valence-electron chi connectivity index (χ2n) is 4.98. The molecule has 0 aliphatic heterocycles. The molecular formula is C14H14BrN3O2S. The van der Waals surface area contributed by atoms with Crippen molar-refractivity contribution >= 4 is 44.2 Å². The quantitative estimate of drug-likeness (QED) is 0.870. The summed E-state index contributed by atoms with van der Waals surface area (Å²) < 4.78 is 0.952. The lowest BCUT2D eigenvalue weighted by molar-refractivity contribution is -0.120. The SMILES string of the molecule is CC(C)(C(=O)Nc1ncc(C(N)=O)s1)c1ccc(Br)cc1. The lowest BCUT2D eigenvalue weighted by atomic mass is 9.84. The molecule has 1 aromatic heterocycles. The monoisotopic (exact) mass is 367 g/mol. The van der Waals surface area contributed by atoms with Crippen molar-refractivity contribution in [1.82, 2.24) is 4.98 Å². The first-order chi connectivity index (χ1) is 9.80. The van der Waals surface area contributed by atoms with E-state index in [0.717, 1.165) is 21.4 Å². The van der Waals surface area contributed by atoms with Crippen LogP contribution >= 0.6 is 27.3 Å². The molecule has 2 amide bonds. The summed E-state index contributed by atoms with van der Waals surface area (Å²) in [6.45, 7) is 3.66. The van der Waals surface area contributed by atoms with E-state index in [4.69, 9.17) is 5.73 Å². The van der Waals surface area contributed by atoms with Gasteiger partial charge in [0.15, 0.2) is 5.13 Å². The molecule has 1 heterocycles. The maximum Gasteiger partial charge on any atom is 0.260 e. The van der Waals surface area contributed by atoms with Crippen LogP contribution in [-0.2, 0) is 10.2 Å². The number of amides is 2. The normalized spacial score (nSPS) is 11.2. The molecule has 110 valence electrons. The third-order valence-electron chi connectivity index (χ3n) is 3.10. The van der Waals surface area contributed by atoms with Crippen LogP contribution in [0.3, 0.4) is 0 Å². The topological polar surface area (TPSA) is 85.1 Å². The summed E-state index contributed by atoms with van der Waals surface area (Å²) in [5.74, 6) is -0.754. The molecule has 2 rings (SSSR count). The molecule has 7 heteroatoms. The van der Waals surface area contributed by atoms with Crippen LogP contribution in [0, 0.1) is 0 Å². The molecule has 0 aliphatic rings.